The zero-order valence-electron chi connectivity index (χ0n) is 11.5. The van der Waals surface area contributed by atoms with Gasteiger partial charge in [0.05, 0.1) is 6.42 Å². The normalized spacial score (nSPS) is 11.0. The SMILES string of the molecule is O=C(Cc1ccccc1Cl)NN=C(C(=O)O)c1ccccc1. The zero-order valence-corrected chi connectivity index (χ0v) is 12.2. The Morgan fingerprint density at radius 2 is 1.68 bits per heavy atom. The number of hydrogen-bond donors (Lipinski definition) is 2. The molecule has 0 bridgehead atoms. The predicted octanol–water partition coefficient (Wildman–Crippen LogP) is 2.49. The Hall–Kier alpha value is -2.66. The third-order valence-electron chi connectivity index (χ3n) is 2.85. The summed E-state index contributed by atoms with van der Waals surface area (Å²) in [5.74, 6) is -1.66. The third-order valence-corrected chi connectivity index (χ3v) is 3.22. The monoisotopic (exact) mass is 316 g/mol. The molecule has 2 rings (SSSR count). The minimum Gasteiger partial charge on any atom is -0.476 e. The summed E-state index contributed by atoms with van der Waals surface area (Å²) in [5, 5.41) is 13.3. The van der Waals surface area contributed by atoms with Gasteiger partial charge in [0, 0.05) is 10.6 Å². The van der Waals surface area contributed by atoms with Gasteiger partial charge in [-0.15, -0.1) is 0 Å². The molecule has 0 aliphatic carbocycles. The lowest BCUT2D eigenvalue weighted by Crippen LogP contribution is -2.25. The van der Waals surface area contributed by atoms with E-state index in [1.807, 2.05) is 0 Å². The Kier molecular flexibility index (Phi) is 5.27. The number of amides is 1. The summed E-state index contributed by atoms with van der Waals surface area (Å²) in [4.78, 5) is 23.1. The number of carboxylic acids is 1. The van der Waals surface area contributed by atoms with Crippen molar-refractivity contribution in [3.63, 3.8) is 0 Å². The fraction of sp³-hybridized carbons (Fsp3) is 0.0625. The van der Waals surface area contributed by atoms with Gasteiger partial charge in [-0.1, -0.05) is 60.1 Å². The van der Waals surface area contributed by atoms with Crippen LogP contribution in [0.5, 0.6) is 0 Å². The van der Waals surface area contributed by atoms with Crippen LogP contribution in [0.25, 0.3) is 0 Å². The maximum absolute atomic E-state index is 11.9. The second-order valence-electron chi connectivity index (χ2n) is 4.43. The van der Waals surface area contributed by atoms with Gasteiger partial charge in [-0.2, -0.15) is 5.10 Å². The number of carbonyl (C=O) groups is 2. The lowest BCUT2D eigenvalue weighted by atomic mass is 10.1. The highest BCUT2D eigenvalue weighted by molar-refractivity contribution is 6.42. The summed E-state index contributed by atoms with van der Waals surface area (Å²) in [7, 11) is 0. The fourth-order valence-corrected chi connectivity index (χ4v) is 2.01. The molecule has 0 aliphatic heterocycles. The Bertz CT molecular complexity index is 714. The molecule has 0 fully saturated rings. The summed E-state index contributed by atoms with van der Waals surface area (Å²) >= 11 is 5.97. The van der Waals surface area contributed by atoms with Crippen molar-refractivity contribution in [1.82, 2.24) is 5.43 Å². The van der Waals surface area contributed by atoms with Crippen LogP contribution in [0, 0.1) is 0 Å². The summed E-state index contributed by atoms with van der Waals surface area (Å²) in [6.07, 6.45) is 0.0187. The van der Waals surface area contributed by atoms with Crippen molar-refractivity contribution in [3.05, 3.63) is 70.7 Å². The number of hydrogen-bond acceptors (Lipinski definition) is 3. The van der Waals surface area contributed by atoms with Crippen molar-refractivity contribution in [2.45, 2.75) is 6.42 Å². The highest BCUT2D eigenvalue weighted by atomic mass is 35.5. The number of carbonyl (C=O) groups excluding carboxylic acids is 1. The van der Waals surface area contributed by atoms with Crippen molar-refractivity contribution in [3.8, 4) is 0 Å². The van der Waals surface area contributed by atoms with E-state index in [0.717, 1.165) is 0 Å². The lowest BCUT2D eigenvalue weighted by Gasteiger charge is -2.05. The van der Waals surface area contributed by atoms with E-state index in [1.165, 1.54) is 0 Å². The number of carboxylic acid groups (broad SMARTS) is 1. The first kappa shape index (κ1) is 15.7. The van der Waals surface area contributed by atoms with Crippen LogP contribution < -0.4 is 5.43 Å². The van der Waals surface area contributed by atoms with Gasteiger partial charge in [-0.25, -0.2) is 10.2 Å². The molecule has 0 heterocycles. The Morgan fingerprint density at radius 3 is 2.32 bits per heavy atom. The molecule has 0 aromatic heterocycles. The molecule has 0 radical (unpaired) electrons. The second kappa shape index (κ2) is 7.38. The molecule has 5 nitrogen and oxygen atoms in total. The average Bonchev–Trinajstić information content (AvgIpc) is 2.50. The third kappa shape index (κ3) is 4.17. The number of nitrogens with one attached hydrogen (secondary N) is 1. The lowest BCUT2D eigenvalue weighted by molar-refractivity contribution is -0.129. The van der Waals surface area contributed by atoms with Crippen LogP contribution in [0.3, 0.4) is 0 Å². The molecule has 0 atom stereocenters. The summed E-state index contributed by atoms with van der Waals surface area (Å²) in [5.41, 5.74) is 3.08. The van der Waals surface area contributed by atoms with Crippen LogP contribution in [-0.4, -0.2) is 22.7 Å². The van der Waals surface area contributed by atoms with E-state index >= 15 is 0 Å². The molecule has 6 heteroatoms. The molecule has 1 amide bonds. The first-order valence-electron chi connectivity index (χ1n) is 6.46. The van der Waals surface area contributed by atoms with E-state index in [2.05, 4.69) is 10.5 Å². The van der Waals surface area contributed by atoms with Crippen LogP contribution in [0.15, 0.2) is 59.7 Å². The molecule has 112 valence electrons. The molecule has 22 heavy (non-hydrogen) atoms. The van der Waals surface area contributed by atoms with Gasteiger partial charge in [0.2, 0.25) is 5.91 Å². The number of nitrogens with zero attached hydrogens (tertiary/aromatic N) is 1. The Labute approximate surface area is 132 Å². The maximum Gasteiger partial charge on any atom is 0.356 e. The first-order valence-corrected chi connectivity index (χ1v) is 6.84. The van der Waals surface area contributed by atoms with Crippen LogP contribution in [0.2, 0.25) is 5.02 Å². The zero-order chi connectivity index (χ0) is 15.9. The largest absolute Gasteiger partial charge is 0.476 e. The highest BCUT2D eigenvalue weighted by Crippen LogP contribution is 2.15. The Morgan fingerprint density at radius 1 is 1.05 bits per heavy atom. The smallest absolute Gasteiger partial charge is 0.356 e. The molecule has 0 saturated heterocycles. The van der Waals surface area contributed by atoms with Gasteiger partial charge in [0.1, 0.15) is 0 Å². The quantitative estimate of drug-likeness (QED) is 0.657. The molecule has 2 aromatic carbocycles. The van der Waals surface area contributed by atoms with Gasteiger partial charge in [-0.3, -0.25) is 4.79 Å². The fourth-order valence-electron chi connectivity index (χ4n) is 1.80. The topological polar surface area (TPSA) is 78.8 Å². The molecule has 2 aromatic rings. The maximum atomic E-state index is 11.9. The van der Waals surface area contributed by atoms with Crippen molar-refractivity contribution < 1.29 is 14.7 Å². The van der Waals surface area contributed by atoms with Gasteiger partial charge in [0.25, 0.3) is 0 Å². The van der Waals surface area contributed by atoms with Crippen molar-refractivity contribution in [2.75, 3.05) is 0 Å². The van der Waals surface area contributed by atoms with Crippen molar-refractivity contribution >= 4 is 29.2 Å². The van der Waals surface area contributed by atoms with Crippen molar-refractivity contribution in [2.24, 2.45) is 5.10 Å². The molecule has 0 spiro atoms. The average molecular weight is 317 g/mol. The van der Waals surface area contributed by atoms with Crippen LogP contribution in [-0.2, 0) is 16.0 Å². The number of hydrazone groups is 1. The van der Waals surface area contributed by atoms with E-state index in [9.17, 15) is 14.7 Å². The first-order chi connectivity index (χ1) is 10.6. The number of benzene rings is 2. The standard InChI is InChI=1S/C16H13ClN2O3/c17-13-9-5-4-8-12(13)10-14(20)18-19-15(16(21)22)11-6-2-1-3-7-11/h1-9H,10H2,(H,18,20)(H,21,22). The second-order valence-corrected chi connectivity index (χ2v) is 4.84. The molecule has 0 aliphatic rings. The van der Waals surface area contributed by atoms with E-state index in [4.69, 9.17) is 11.6 Å². The molecule has 2 N–H and O–H groups in total. The summed E-state index contributed by atoms with van der Waals surface area (Å²) < 4.78 is 0. The molecular formula is C16H13ClN2O3. The van der Waals surface area contributed by atoms with Gasteiger partial charge < -0.3 is 5.11 Å². The van der Waals surface area contributed by atoms with Crippen LogP contribution in [0.1, 0.15) is 11.1 Å². The number of aliphatic carboxylic acids is 1. The van der Waals surface area contributed by atoms with E-state index in [-0.39, 0.29) is 12.1 Å². The molecule has 0 saturated carbocycles. The highest BCUT2D eigenvalue weighted by Gasteiger charge is 2.13. The molecular weight excluding hydrogens is 304 g/mol. The van der Waals surface area contributed by atoms with Crippen LogP contribution >= 0.6 is 11.6 Å². The van der Waals surface area contributed by atoms with Gasteiger partial charge in [-0.05, 0) is 11.6 Å². The van der Waals surface area contributed by atoms with Gasteiger partial charge in [0.15, 0.2) is 5.71 Å². The van der Waals surface area contributed by atoms with Gasteiger partial charge >= 0.3 is 5.97 Å². The number of halogens is 1. The van der Waals surface area contributed by atoms with E-state index in [1.54, 1.807) is 54.6 Å². The van der Waals surface area contributed by atoms with E-state index in [0.29, 0.717) is 16.1 Å². The van der Waals surface area contributed by atoms with E-state index < -0.39 is 11.9 Å². The van der Waals surface area contributed by atoms with Crippen LogP contribution in [0.4, 0.5) is 0 Å². The number of rotatable bonds is 5. The van der Waals surface area contributed by atoms with Crippen molar-refractivity contribution in [1.29, 1.82) is 0 Å². The molecule has 0 unspecified atom stereocenters. The summed E-state index contributed by atoms with van der Waals surface area (Å²) in [6, 6.07) is 15.3. The predicted molar refractivity (Wildman–Crippen MR) is 83.9 cm³/mol. The minimum absolute atomic E-state index is 0.0187. The Balaban J connectivity index is 2.10. The minimum atomic E-state index is -1.22. The summed E-state index contributed by atoms with van der Waals surface area (Å²) in [6.45, 7) is 0.